The first-order valence-electron chi connectivity index (χ1n) is 6.39. The summed E-state index contributed by atoms with van der Waals surface area (Å²) in [6.07, 6.45) is 3.12. The number of carbonyl (C=O) groups is 1. The summed E-state index contributed by atoms with van der Waals surface area (Å²) in [5.74, 6) is -0.791. The van der Waals surface area contributed by atoms with Gasteiger partial charge in [-0.1, -0.05) is 28.8 Å². The van der Waals surface area contributed by atoms with Crippen molar-refractivity contribution in [3.8, 4) is 0 Å². The molecule has 0 aliphatic rings. The van der Waals surface area contributed by atoms with Gasteiger partial charge in [-0.25, -0.2) is 13.1 Å². The molecule has 7 heteroatoms. The van der Waals surface area contributed by atoms with Gasteiger partial charge in [0.05, 0.1) is 4.90 Å². The normalized spacial score (nSPS) is 11.4. The Morgan fingerprint density at radius 1 is 1.10 bits per heavy atom. The van der Waals surface area contributed by atoms with Crippen LogP contribution in [0.5, 0.6) is 0 Å². The van der Waals surface area contributed by atoms with E-state index in [0.29, 0.717) is 19.4 Å². The van der Waals surface area contributed by atoms with Gasteiger partial charge in [0, 0.05) is 17.4 Å². The second-order valence-electron chi connectivity index (χ2n) is 4.41. The summed E-state index contributed by atoms with van der Waals surface area (Å²) in [5, 5.41) is 8.47. The van der Waals surface area contributed by atoms with Gasteiger partial charge in [0.15, 0.2) is 0 Å². The third kappa shape index (κ3) is 6.49. The number of carboxylic acids is 1. The molecule has 0 radical (unpaired) electrons. The smallest absolute Gasteiger partial charge is 0.303 e. The summed E-state index contributed by atoms with van der Waals surface area (Å²) < 4.78 is 27.2. The highest BCUT2D eigenvalue weighted by molar-refractivity contribution is 9.10. The highest BCUT2D eigenvalue weighted by Crippen LogP contribution is 2.14. The van der Waals surface area contributed by atoms with Gasteiger partial charge in [0.25, 0.3) is 0 Å². The molecular weight excluding hydrogens is 346 g/mol. The average Bonchev–Trinajstić information content (AvgIpc) is 2.37. The number of carboxylic acid groups (broad SMARTS) is 1. The highest BCUT2D eigenvalue weighted by atomic mass is 79.9. The molecule has 0 spiro atoms. The van der Waals surface area contributed by atoms with Crippen molar-refractivity contribution in [1.82, 2.24) is 4.72 Å². The van der Waals surface area contributed by atoms with Crippen LogP contribution in [0.2, 0.25) is 0 Å². The molecule has 1 rings (SSSR count). The summed E-state index contributed by atoms with van der Waals surface area (Å²) in [4.78, 5) is 10.5. The second-order valence-corrected chi connectivity index (χ2v) is 7.09. The van der Waals surface area contributed by atoms with Crippen LogP contribution >= 0.6 is 15.9 Å². The van der Waals surface area contributed by atoms with Crippen LogP contribution in [-0.2, 0) is 14.8 Å². The van der Waals surface area contributed by atoms with Crippen molar-refractivity contribution in [2.24, 2.45) is 0 Å². The van der Waals surface area contributed by atoms with Gasteiger partial charge in [-0.15, -0.1) is 0 Å². The summed E-state index contributed by atoms with van der Waals surface area (Å²) in [6, 6.07) is 6.44. The van der Waals surface area contributed by atoms with Crippen molar-refractivity contribution >= 4 is 31.9 Å². The van der Waals surface area contributed by atoms with Crippen molar-refractivity contribution in [3.05, 3.63) is 28.7 Å². The third-order valence-corrected chi connectivity index (χ3v) is 4.74. The largest absolute Gasteiger partial charge is 0.481 e. The number of nitrogens with one attached hydrogen (secondary N) is 1. The summed E-state index contributed by atoms with van der Waals surface area (Å²) in [5.41, 5.74) is 0. The Bertz CT molecular complexity index is 528. The summed E-state index contributed by atoms with van der Waals surface area (Å²) in [7, 11) is -3.45. The van der Waals surface area contributed by atoms with E-state index in [1.54, 1.807) is 24.3 Å². The van der Waals surface area contributed by atoms with Crippen LogP contribution in [0.15, 0.2) is 33.6 Å². The fourth-order valence-electron chi connectivity index (χ4n) is 1.66. The lowest BCUT2D eigenvalue weighted by Crippen LogP contribution is -2.24. The van der Waals surface area contributed by atoms with Crippen LogP contribution in [0.25, 0.3) is 0 Å². The molecule has 0 amide bonds. The molecule has 0 saturated carbocycles. The third-order valence-electron chi connectivity index (χ3n) is 2.73. The van der Waals surface area contributed by atoms with E-state index in [1.165, 1.54) is 0 Å². The molecule has 5 nitrogen and oxygen atoms in total. The standard InChI is InChI=1S/C13H18BrNO4S/c14-11-6-8-12(9-7-11)20(18,19)15-10-4-2-1-3-5-13(16)17/h6-9,15H,1-5,10H2,(H,16,17). The zero-order chi connectivity index (χ0) is 15.0. The molecular formula is C13H18BrNO4S. The van der Waals surface area contributed by atoms with E-state index < -0.39 is 16.0 Å². The van der Waals surface area contributed by atoms with Crippen LogP contribution < -0.4 is 4.72 Å². The van der Waals surface area contributed by atoms with Crippen LogP contribution in [0.4, 0.5) is 0 Å². The van der Waals surface area contributed by atoms with Gasteiger partial charge >= 0.3 is 5.97 Å². The van der Waals surface area contributed by atoms with Gasteiger partial charge in [0.1, 0.15) is 0 Å². The monoisotopic (exact) mass is 363 g/mol. The topological polar surface area (TPSA) is 83.5 Å². The molecule has 0 heterocycles. The van der Waals surface area contributed by atoms with E-state index in [2.05, 4.69) is 20.7 Å². The Hall–Kier alpha value is -0.920. The molecule has 1 aromatic carbocycles. The molecule has 0 saturated heterocycles. The highest BCUT2D eigenvalue weighted by Gasteiger charge is 2.12. The minimum atomic E-state index is -3.45. The van der Waals surface area contributed by atoms with Gasteiger partial charge < -0.3 is 5.11 Å². The number of aliphatic carboxylic acids is 1. The lowest BCUT2D eigenvalue weighted by atomic mass is 10.1. The first kappa shape index (κ1) is 17.1. The molecule has 0 bridgehead atoms. The van der Waals surface area contributed by atoms with Gasteiger partial charge in [0.2, 0.25) is 10.0 Å². The number of unbranched alkanes of at least 4 members (excludes halogenated alkanes) is 3. The number of hydrogen-bond acceptors (Lipinski definition) is 3. The first-order chi connectivity index (χ1) is 9.42. The van der Waals surface area contributed by atoms with E-state index in [9.17, 15) is 13.2 Å². The van der Waals surface area contributed by atoms with E-state index >= 15 is 0 Å². The molecule has 0 unspecified atom stereocenters. The molecule has 0 fully saturated rings. The lowest BCUT2D eigenvalue weighted by Gasteiger charge is -2.06. The molecule has 0 atom stereocenters. The van der Waals surface area contributed by atoms with Crippen LogP contribution in [0.3, 0.4) is 0 Å². The van der Waals surface area contributed by atoms with Gasteiger partial charge in [-0.2, -0.15) is 0 Å². The fourth-order valence-corrected chi connectivity index (χ4v) is 3.00. The van der Waals surface area contributed by atoms with E-state index in [4.69, 9.17) is 5.11 Å². The Balaban J connectivity index is 2.27. The molecule has 0 aliphatic heterocycles. The van der Waals surface area contributed by atoms with Crippen molar-refractivity contribution in [3.63, 3.8) is 0 Å². The van der Waals surface area contributed by atoms with Gasteiger partial charge in [-0.05, 0) is 37.1 Å². The van der Waals surface area contributed by atoms with Crippen molar-refractivity contribution in [1.29, 1.82) is 0 Å². The first-order valence-corrected chi connectivity index (χ1v) is 8.66. The number of halogens is 1. The zero-order valence-corrected chi connectivity index (χ0v) is 13.4. The Kier molecular flexibility index (Phi) is 7.18. The number of benzene rings is 1. The maximum Gasteiger partial charge on any atom is 0.303 e. The van der Waals surface area contributed by atoms with Crippen LogP contribution in [-0.4, -0.2) is 26.0 Å². The van der Waals surface area contributed by atoms with Crippen molar-refractivity contribution in [2.45, 2.75) is 37.0 Å². The SMILES string of the molecule is O=C(O)CCCCCCNS(=O)(=O)c1ccc(Br)cc1. The maximum atomic E-state index is 11.9. The van der Waals surface area contributed by atoms with Gasteiger partial charge in [-0.3, -0.25) is 4.79 Å². The second kappa shape index (κ2) is 8.39. The number of rotatable bonds is 9. The van der Waals surface area contributed by atoms with Crippen molar-refractivity contribution in [2.75, 3.05) is 6.54 Å². The minimum absolute atomic E-state index is 0.171. The Morgan fingerprint density at radius 2 is 1.70 bits per heavy atom. The van der Waals surface area contributed by atoms with E-state index in [-0.39, 0.29) is 11.3 Å². The Morgan fingerprint density at radius 3 is 2.30 bits per heavy atom. The van der Waals surface area contributed by atoms with Crippen molar-refractivity contribution < 1.29 is 18.3 Å². The quantitative estimate of drug-likeness (QED) is 0.660. The number of hydrogen-bond donors (Lipinski definition) is 2. The molecule has 0 aromatic heterocycles. The fraction of sp³-hybridized carbons (Fsp3) is 0.462. The Labute approximate surface area is 127 Å². The van der Waals surface area contributed by atoms with Crippen LogP contribution in [0.1, 0.15) is 32.1 Å². The molecule has 0 aliphatic carbocycles. The number of sulfonamides is 1. The lowest BCUT2D eigenvalue weighted by molar-refractivity contribution is -0.137. The summed E-state index contributed by atoms with van der Waals surface area (Å²) in [6.45, 7) is 0.367. The summed E-state index contributed by atoms with van der Waals surface area (Å²) >= 11 is 3.25. The van der Waals surface area contributed by atoms with E-state index in [0.717, 1.165) is 17.3 Å². The molecule has 2 N–H and O–H groups in total. The molecule has 112 valence electrons. The molecule has 20 heavy (non-hydrogen) atoms. The maximum absolute atomic E-state index is 11.9. The average molecular weight is 364 g/mol. The minimum Gasteiger partial charge on any atom is -0.481 e. The van der Waals surface area contributed by atoms with Crippen LogP contribution in [0, 0.1) is 0 Å². The molecule has 1 aromatic rings. The predicted octanol–water partition coefficient (Wildman–Crippen LogP) is 2.76. The van der Waals surface area contributed by atoms with E-state index in [1.807, 2.05) is 0 Å². The zero-order valence-electron chi connectivity index (χ0n) is 11.0. The predicted molar refractivity (Wildman–Crippen MR) is 80.1 cm³/mol.